The van der Waals surface area contributed by atoms with E-state index in [1.165, 1.54) is 12.8 Å². The normalized spacial score (nSPS) is 38.1. The van der Waals surface area contributed by atoms with E-state index in [1.807, 2.05) is 0 Å². The van der Waals surface area contributed by atoms with Crippen molar-refractivity contribution >= 4 is 5.91 Å². The fourth-order valence-corrected chi connectivity index (χ4v) is 3.90. The summed E-state index contributed by atoms with van der Waals surface area (Å²) in [4.78, 5) is 13.9. The van der Waals surface area contributed by atoms with E-state index in [4.69, 9.17) is 0 Å². The number of carbonyl (C=O) groups is 1. The van der Waals surface area contributed by atoms with Crippen LogP contribution in [-0.4, -0.2) is 29.9 Å². The quantitative estimate of drug-likeness (QED) is 0.680. The molecule has 1 saturated carbocycles. The van der Waals surface area contributed by atoms with E-state index in [0.29, 0.717) is 23.4 Å². The van der Waals surface area contributed by atoms with Gasteiger partial charge in [0.25, 0.3) is 5.91 Å². The van der Waals surface area contributed by atoms with Crippen molar-refractivity contribution in [1.82, 2.24) is 4.90 Å². The molecule has 1 saturated heterocycles. The van der Waals surface area contributed by atoms with Crippen LogP contribution in [0, 0.1) is 10.8 Å². The highest BCUT2D eigenvalue weighted by Gasteiger charge is 2.50. The second-order valence-electron chi connectivity index (χ2n) is 6.49. The Kier molecular flexibility index (Phi) is 2.34. The summed E-state index contributed by atoms with van der Waals surface area (Å²) in [6.45, 7) is 8.35. The molecule has 2 atom stereocenters. The number of rotatable bonds is 1. The molecule has 3 heteroatoms. The molecule has 1 amide bonds. The van der Waals surface area contributed by atoms with Crippen LogP contribution in [0.3, 0.4) is 0 Å². The Balaban J connectivity index is 2.20. The van der Waals surface area contributed by atoms with Gasteiger partial charge in [-0.3, -0.25) is 4.79 Å². The van der Waals surface area contributed by atoms with Gasteiger partial charge in [0, 0.05) is 12.6 Å². The Morgan fingerprint density at radius 3 is 2.67 bits per heavy atom. The number of nitrogens with zero attached hydrogens (tertiary/aromatic N) is 1. The third-order valence-corrected chi connectivity index (χ3v) is 3.95. The van der Waals surface area contributed by atoms with Gasteiger partial charge in [-0.15, -0.1) is 0 Å². The summed E-state index contributed by atoms with van der Waals surface area (Å²) in [5.74, 6) is 0.237. The second kappa shape index (κ2) is 3.21. The van der Waals surface area contributed by atoms with Gasteiger partial charge in [0.1, 0.15) is 0 Å². The van der Waals surface area contributed by atoms with Crippen molar-refractivity contribution in [3.8, 4) is 0 Å². The predicted octanol–water partition coefficient (Wildman–Crippen LogP) is 0.656. The van der Waals surface area contributed by atoms with Crippen molar-refractivity contribution in [2.75, 3.05) is 13.1 Å². The predicted molar refractivity (Wildman–Crippen MR) is 59.0 cm³/mol. The fourth-order valence-electron chi connectivity index (χ4n) is 3.90. The van der Waals surface area contributed by atoms with E-state index in [9.17, 15) is 4.79 Å². The third kappa shape index (κ3) is 1.89. The number of likely N-dealkylation sites (tertiary alicyclic amines) is 1. The number of hydrogen-bond donors (Lipinski definition) is 1. The molecule has 15 heavy (non-hydrogen) atoms. The van der Waals surface area contributed by atoms with Crippen LogP contribution < -0.4 is 5.73 Å². The smallest absolute Gasteiger partial charge is 0.277 e. The molecule has 0 aromatic heterocycles. The van der Waals surface area contributed by atoms with Gasteiger partial charge in [0.15, 0.2) is 6.54 Å². The maximum atomic E-state index is 11.8. The average Bonchev–Trinajstić information content (AvgIpc) is 2.33. The van der Waals surface area contributed by atoms with Crippen LogP contribution in [0.5, 0.6) is 0 Å². The lowest BCUT2D eigenvalue weighted by molar-refractivity contribution is -0.357. The molecule has 0 aromatic carbocycles. The Bertz CT molecular complexity index is 287. The van der Waals surface area contributed by atoms with Crippen molar-refractivity contribution in [2.24, 2.45) is 10.8 Å². The van der Waals surface area contributed by atoms with E-state index >= 15 is 0 Å². The zero-order chi connectivity index (χ0) is 11.3. The molecule has 86 valence electrons. The highest BCUT2D eigenvalue weighted by Crippen LogP contribution is 2.52. The van der Waals surface area contributed by atoms with Crippen LogP contribution in [0.4, 0.5) is 0 Å². The van der Waals surface area contributed by atoms with Crippen molar-refractivity contribution in [1.29, 1.82) is 0 Å². The summed E-state index contributed by atoms with van der Waals surface area (Å²) in [6.07, 6.45) is 3.61. The van der Waals surface area contributed by atoms with Crippen LogP contribution in [0.1, 0.15) is 40.0 Å². The molecule has 2 fully saturated rings. The summed E-state index contributed by atoms with van der Waals surface area (Å²) in [5.41, 5.74) is 4.47. The van der Waals surface area contributed by atoms with Crippen LogP contribution in [-0.2, 0) is 4.79 Å². The molecule has 1 aliphatic heterocycles. The molecule has 0 spiro atoms. The Morgan fingerprint density at radius 1 is 1.40 bits per heavy atom. The van der Waals surface area contributed by atoms with Gasteiger partial charge < -0.3 is 10.6 Å². The molecular formula is C12H23N2O+. The summed E-state index contributed by atoms with van der Waals surface area (Å²) in [6, 6.07) is 0.480. The molecule has 3 nitrogen and oxygen atoms in total. The number of fused-ring (bicyclic) bond motifs is 2. The van der Waals surface area contributed by atoms with Crippen LogP contribution >= 0.6 is 0 Å². The van der Waals surface area contributed by atoms with Crippen molar-refractivity contribution in [3.63, 3.8) is 0 Å². The second-order valence-corrected chi connectivity index (χ2v) is 6.49. The summed E-state index contributed by atoms with van der Waals surface area (Å²) in [5, 5.41) is 0. The highest BCUT2D eigenvalue weighted by molar-refractivity contribution is 5.77. The van der Waals surface area contributed by atoms with E-state index in [2.05, 4.69) is 31.4 Å². The Labute approximate surface area is 92.0 Å². The molecule has 3 N–H and O–H groups in total. The molecular weight excluding hydrogens is 188 g/mol. The summed E-state index contributed by atoms with van der Waals surface area (Å²) < 4.78 is 0. The number of hydrogen-bond acceptors (Lipinski definition) is 1. The molecule has 0 radical (unpaired) electrons. The first kappa shape index (κ1) is 10.9. The Hall–Kier alpha value is -0.570. The lowest BCUT2D eigenvalue weighted by atomic mass is 9.65. The molecule has 2 bridgehead atoms. The molecule has 2 aliphatic rings. The highest BCUT2D eigenvalue weighted by atomic mass is 16.2. The first-order valence-corrected chi connectivity index (χ1v) is 5.94. The molecule has 0 aromatic rings. The van der Waals surface area contributed by atoms with Gasteiger partial charge in [0.05, 0.1) is 0 Å². The van der Waals surface area contributed by atoms with Crippen LogP contribution in [0.15, 0.2) is 0 Å². The fraction of sp³-hybridized carbons (Fsp3) is 0.917. The maximum Gasteiger partial charge on any atom is 0.277 e. The first-order valence-electron chi connectivity index (χ1n) is 5.94. The SMILES string of the molecule is CC1(C)C[C@@H]2C[C@@](C)(CN2C(=O)C[NH3+])C1. The van der Waals surface area contributed by atoms with E-state index in [-0.39, 0.29) is 5.91 Å². The zero-order valence-electron chi connectivity index (χ0n) is 10.2. The first-order chi connectivity index (χ1) is 6.85. The van der Waals surface area contributed by atoms with Gasteiger partial charge in [0.2, 0.25) is 0 Å². The van der Waals surface area contributed by atoms with Crippen LogP contribution in [0.2, 0.25) is 0 Å². The van der Waals surface area contributed by atoms with E-state index in [1.54, 1.807) is 0 Å². The average molecular weight is 211 g/mol. The minimum absolute atomic E-state index is 0.237. The number of amides is 1. The zero-order valence-corrected chi connectivity index (χ0v) is 10.2. The van der Waals surface area contributed by atoms with E-state index < -0.39 is 0 Å². The van der Waals surface area contributed by atoms with Crippen molar-refractivity contribution in [3.05, 3.63) is 0 Å². The minimum Gasteiger partial charge on any atom is -0.350 e. The van der Waals surface area contributed by atoms with Crippen molar-refractivity contribution < 1.29 is 10.5 Å². The van der Waals surface area contributed by atoms with Gasteiger partial charge in [-0.05, 0) is 30.1 Å². The van der Waals surface area contributed by atoms with Gasteiger partial charge in [-0.2, -0.15) is 0 Å². The van der Waals surface area contributed by atoms with Gasteiger partial charge in [-0.25, -0.2) is 0 Å². The van der Waals surface area contributed by atoms with Crippen molar-refractivity contribution in [2.45, 2.75) is 46.1 Å². The van der Waals surface area contributed by atoms with E-state index in [0.717, 1.165) is 13.0 Å². The largest absolute Gasteiger partial charge is 0.350 e. The standard InChI is InChI=1S/C12H22N2O/c1-11(2)4-9-5-12(3,7-11)8-14(9)10(15)6-13/h9H,4-8,13H2,1-3H3/p+1/t9-,12-/m1/s1. The maximum absolute atomic E-state index is 11.8. The van der Waals surface area contributed by atoms with Crippen LogP contribution in [0.25, 0.3) is 0 Å². The van der Waals surface area contributed by atoms with Gasteiger partial charge in [-0.1, -0.05) is 20.8 Å². The third-order valence-electron chi connectivity index (χ3n) is 3.95. The topological polar surface area (TPSA) is 48.0 Å². The summed E-state index contributed by atoms with van der Waals surface area (Å²) >= 11 is 0. The monoisotopic (exact) mass is 211 g/mol. The lowest BCUT2D eigenvalue weighted by Crippen LogP contribution is -2.58. The lowest BCUT2D eigenvalue weighted by Gasteiger charge is -2.39. The van der Waals surface area contributed by atoms with Gasteiger partial charge >= 0.3 is 0 Å². The molecule has 1 heterocycles. The summed E-state index contributed by atoms with van der Waals surface area (Å²) in [7, 11) is 0. The molecule has 2 rings (SSSR count). The molecule has 0 unspecified atom stereocenters. The number of quaternary nitrogens is 1. The Morgan fingerprint density at radius 2 is 2.07 bits per heavy atom. The molecule has 1 aliphatic carbocycles. The number of carbonyl (C=O) groups excluding carboxylic acids is 1. The minimum atomic E-state index is 0.237.